The standard InChI is InChI=1S/C13H16BrNO3/c1-17-10-4-3-9(12(7-10)18-2)8-15-6-5-11(14)13(15)16/h3-4,7,11H,5-6,8H2,1-2H3. The average Bonchev–Trinajstić information content (AvgIpc) is 2.71. The van der Waals surface area contributed by atoms with Crippen LogP contribution in [0.2, 0.25) is 0 Å². The van der Waals surface area contributed by atoms with E-state index in [1.165, 1.54) is 0 Å². The smallest absolute Gasteiger partial charge is 0.236 e. The van der Waals surface area contributed by atoms with Crippen molar-refractivity contribution in [2.45, 2.75) is 17.8 Å². The highest BCUT2D eigenvalue weighted by atomic mass is 79.9. The van der Waals surface area contributed by atoms with Crippen LogP contribution in [0, 0.1) is 0 Å². The lowest BCUT2D eigenvalue weighted by Crippen LogP contribution is -2.27. The van der Waals surface area contributed by atoms with Crippen LogP contribution in [0.4, 0.5) is 0 Å². The number of likely N-dealkylation sites (tertiary alicyclic amines) is 1. The molecule has 1 fully saturated rings. The SMILES string of the molecule is COc1ccc(CN2CCC(Br)C2=O)c(OC)c1. The Morgan fingerprint density at radius 2 is 2.17 bits per heavy atom. The summed E-state index contributed by atoms with van der Waals surface area (Å²) in [4.78, 5) is 13.6. The van der Waals surface area contributed by atoms with Crippen molar-refractivity contribution < 1.29 is 14.3 Å². The van der Waals surface area contributed by atoms with Crippen molar-refractivity contribution in [1.82, 2.24) is 4.90 Å². The van der Waals surface area contributed by atoms with Gasteiger partial charge in [-0.3, -0.25) is 4.79 Å². The summed E-state index contributed by atoms with van der Waals surface area (Å²) >= 11 is 3.37. The van der Waals surface area contributed by atoms with Gasteiger partial charge in [-0.15, -0.1) is 0 Å². The summed E-state index contributed by atoms with van der Waals surface area (Å²) in [6, 6.07) is 5.65. The Kier molecular flexibility index (Phi) is 4.11. The summed E-state index contributed by atoms with van der Waals surface area (Å²) in [5.41, 5.74) is 0.994. The van der Waals surface area contributed by atoms with E-state index in [9.17, 15) is 4.79 Å². The second-order valence-corrected chi connectivity index (χ2v) is 5.30. The lowest BCUT2D eigenvalue weighted by atomic mass is 10.2. The number of benzene rings is 1. The Bertz CT molecular complexity index is 450. The number of methoxy groups -OCH3 is 2. The van der Waals surface area contributed by atoms with Crippen LogP contribution >= 0.6 is 15.9 Å². The maximum atomic E-state index is 11.8. The molecule has 1 aromatic carbocycles. The van der Waals surface area contributed by atoms with Crippen LogP contribution in [0.1, 0.15) is 12.0 Å². The van der Waals surface area contributed by atoms with E-state index in [1.807, 2.05) is 23.1 Å². The summed E-state index contributed by atoms with van der Waals surface area (Å²) < 4.78 is 10.5. The average molecular weight is 314 g/mol. The minimum absolute atomic E-state index is 0.0401. The van der Waals surface area contributed by atoms with E-state index < -0.39 is 0 Å². The van der Waals surface area contributed by atoms with Gasteiger partial charge in [0.15, 0.2) is 0 Å². The molecule has 1 heterocycles. The Balaban J connectivity index is 2.16. The largest absolute Gasteiger partial charge is 0.497 e. The van der Waals surface area contributed by atoms with Crippen molar-refractivity contribution in [1.29, 1.82) is 0 Å². The number of hydrogen-bond acceptors (Lipinski definition) is 3. The highest BCUT2D eigenvalue weighted by molar-refractivity contribution is 9.10. The van der Waals surface area contributed by atoms with E-state index in [0.717, 1.165) is 30.0 Å². The van der Waals surface area contributed by atoms with Crippen molar-refractivity contribution in [2.24, 2.45) is 0 Å². The zero-order valence-corrected chi connectivity index (χ0v) is 12.1. The molecule has 1 amide bonds. The molecule has 0 N–H and O–H groups in total. The molecule has 0 radical (unpaired) electrons. The van der Waals surface area contributed by atoms with Gasteiger partial charge in [0.2, 0.25) is 5.91 Å². The molecule has 4 nitrogen and oxygen atoms in total. The van der Waals surface area contributed by atoms with Crippen molar-refractivity contribution in [3.8, 4) is 11.5 Å². The monoisotopic (exact) mass is 313 g/mol. The molecular formula is C13H16BrNO3. The first kappa shape index (κ1) is 13.2. The van der Waals surface area contributed by atoms with Gasteiger partial charge in [-0.1, -0.05) is 15.9 Å². The summed E-state index contributed by atoms with van der Waals surface area (Å²) in [7, 11) is 3.24. The fourth-order valence-corrected chi connectivity index (χ4v) is 2.54. The molecule has 0 bridgehead atoms. The minimum Gasteiger partial charge on any atom is -0.497 e. The molecule has 1 aliphatic rings. The van der Waals surface area contributed by atoms with E-state index in [2.05, 4.69) is 15.9 Å². The van der Waals surface area contributed by atoms with Gasteiger partial charge in [0.1, 0.15) is 11.5 Å². The summed E-state index contributed by atoms with van der Waals surface area (Å²) in [6.45, 7) is 1.36. The lowest BCUT2D eigenvalue weighted by Gasteiger charge is -2.18. The van der Waals surface area contributed by atoms with E-state index in [-0.39, 0.29) is 10.7 Å². The van der Waals surface area contributed by atoms with Crippen molar-refractivity contribution in [3.63, 3.8) is 0 Å². The second-order valence-electron chi connectivity index (χ2n) is 4.19. The fraction of sp³-hybridized carbons (Fsp3) is 0.462. The Hall–Kier alpha value is -1.23. The highest BCUT2D eigenvalue weighted by Gasteiger charge is 2.29. The van der Waals surface area contributed by atoms with E-state index in [1.54, 1.807) is 14.2 Å². The molecular weight excluding hydrogens is 298 g/mol. The molecule has 1 aromatic rings. The van der Waals surface area contributed by atoms with E-state index in [0.29, 0.717) is 6.54 Å². The first-order chi connectivity index (χ1) is 8.65. The molecule has 18 heavy (non-hydrogen) atoms. The van der Waals surface area contributed by atoms with Gasteiger partial charge in [0.25, 0.3) is 0 Å². The van der Waals surface area contributed by atoms with E-state index >= 15 is 0 Å². The number of carbonyl (C=O) groups excluding carboxylic acids is 1. The van der Waals surface area contributed by atoms with Gasteiger partial charge in [-0.2, -0.15) is 0 Å². The summed E-state index contributed by atoms with van der Waals surface area (Å²) in [6.07, 6.45) is 0.858. The third-order valence-corrected chi connectivity index (χ3v) is 3.94. The zero-order chi connectivity index (χ0) is 13.1. The molecule has 1 atom stereocenters. The fourth-order valence-electron chi connectivity index (χ4n) is 2.05. The predicted molar refractivity (Wildman–Crippen MR) is 72.3 cm³/mol. The maximum Gasteiger partial charge on any atom is 0.236 e. The number of nitrogens with zero attached hydrogens (tertiary/aromatic N) is 1. The van der Waals surface area contributed by atoms with Gasteiger partial charge in [-0.05, 0) is 18.6 Å². The van der Waals surface area contributed by atoms with Crippen LogP contribution < -0.4 is 9.47 Å². The topological polar surface area (TPSA) is 38.8 Å². The van der Waals surface area contributed by atoms with Crippen LogP contribution in [0.15, 0.2) is 18.2 Å². The lowest BCUT2D eigenvalue weighted by molar-refractivity contribution is -0.127. The van der Waals surface area contributed by atoms with Crippen LogP contribution in [0.3, 0.4) is 0 Å². The number of carbonyl (C=O) groups is 1. The molecule has 1 unspecified atom stereocenters. The molecule has 98 valence electrons. The van der Waals surface area contributed by atoms with E-state index in [4.69, 9.17) is 9.47 Å². The number of amides is 1. The molecule has 1 saturated heterocycles. The normalized spacial score (nSPS) is 19.2. The van der Waals surface area contributed by atoms with Gasteiger partial charge in [0.05, 0.1) is 19.0 Å². The maximum absolute atomic E-state index is 11.8. The van der Waals surface area contributed by atoms with Gasteiger partial charge >= 0.3 is 0 Å². The van der Waals surface area contributed by atoms with Crippen molar-refractivity contribution in [3.05, 3.63) is 23.8 Å². The zero-order valence-electron chi connectivity index (χ0n) is 10.5. The van der Waals surface area contributed by atoms with Crippen LogP contribution in [0.25, 0.3) is 0 Å². The third-order valence-electron chi connectivity index (χ3n) is 3.09. The van der Waals surface area contributed by atoms with Crippen molar-refractivity contribution in [2.75, 3.05) is 20.8 Å². The molecule has 2 rings (SSSR count). The summed E-state index contributed by atoms with van der Waals surface area (Å²) in [5, 5.41) is 0. The highest BCUT2D eigenvalue weighted by Crippen LogP contribution is 2.28. The molecule has 1 aliphatic heterocycles. The quantitative estimate of drug-likeness (QED) is 0.800. The minimum atomic E-state index is -0.0401. The van der Waals surface area contributed by atoms with Crippen LogP contribution in [-0.4, -0.2) is 36.4 Å². The van der Waals surface area contributed by atoms with Crippen LogP contribution in [0.5, 0.6) is 11.5 Å². The Labute approximate surface area is 115 Å². The van der Waals surface area contributed by atoms with Gasteiger partial charge in [0, 0.05) is 24.7 Å². The first-order valence-electron chi connectivity index (χ1n) is 5.79. The number of alkyl halides is 1. The predicted octanol–water partition coefficient (Wildman–Crippen LogP) is 2.20. The number of halogens is 1. The Morgan fingerprint density at radius 1 is 1.39 bits per heavy atom. The third kappa shape index (κ3) is 2.61. The van der Waals surface area contributed by atoms with Gasteiger partial charge < -0.3 is 14.4 Å². The number of hydrogen-bond donors (Lipinski definition) is 0. The molecule has 0 saturated carbocycles. The molecule has 0 aliphatic carbocycles. The molecule has 0 aromatic heterocycles. The second kappa shape index (κ2) is 5.61. The first-order valence-corrected chi connectivity index (χ1v) is 6.71. The number of ether oxygens (including phenoxy) is 2. The summed E-state index contributed by atoms with van der Waals surface area (Å²) in [5.74, 6) is 1.65. The Morgan fingerprint density at radius 3 is 2.72 bits per heavy atom. The molecule has 0 spiro atoms. The van der Waals surface area contributed by atoms with Gasteiger partial charge in [-0.25, -0.2) is 0 Å². The number of rotatable bonds is 4. The van der Waals surface area contributed by atoms with Crippen molar-refractivity contribution >= 4 is 21.8 Å². The van der Waals surface area contributed by atoms with Crippen LogP contribution in [-0.2, 0) is 11.3 Å². The molecule has 5 heteroatoms.